The lowest BCUT2D eigenvalue weighted by molar-refractivity contribution is -0.154. The summed E-state index contributed by atoms with van der Waals surface area (Å²) in [6, 6.07) is 8.02. The summed E-state index contributed by atoms with van der Waals surface area (Å²) in [4.78, 5) is 11.5. The average Bonchev–Trinajstić information content (AvgIpc) is 2.33. The molecule has 3 nitrogen and oxygen atoms in total. The van der Waals surface area contributed by atoms with E-state index in [2.05, 4.69) is 11.9 Å². The first-order chi connectivity index (χ1) is 8.90. The summed E-state index contributed by atoms with van der Waals surface area (Å²) in [6.07, 6.45) is 3.01. The van der Waals surface area contributed by atoms with E-state index >= 15 is 0 Å². The zero-order chi connectivity index (χ0) is 14.3. The minimum Gasteiger partial charge on any atom is -0.460 e. The Morgan fingerprint density at radius 1 is 1.32 bits per heavy atom. The summed E-state index contributed by atoms with van der Waals surface area (Å²) in [7, 11) is 0. The van der Waals surface area contributed by atoms with Gasteiger partial charge >= 0.3 is 5.97 Å². The third kappa shape index (κ3) is 6.65. The normalized spacial score (nSPS) is 10.9. The Morgan fingerprint density at radius 2 is 1.95 bits per heavy atom. The van der Waals surface area contributed by atoms with Gasteiger partial charge in [0, 0.05) is 18.7 Å². The molecule has 0 bridgehead atoms. The molecule has 0 saturated carbocycles. The molecule has 0 amide bonds. The number of esters is 1. The lowest BCUT2D eigenvalue weighted by atomic mass is 10.2. The second kappa shape index (κ2) is 6.98. The van der Waals surface area contributed by atoms with Gasteiger partial charge in [0.05, 0.1) is 0 Å². The third-order valence-corrected chi connectivity index (χ3v) is 2.45. The zero-order valence-corrected chi connectivity index (χ0v) is 12.0. The van der Waals surface area contributed by atoms with Crippen molar-refractivity contribution >= 4 is 17.7 Å². The predicted octanol–water partition coefficient (Wildman–Crippen LogP) is 3.86. The van der Waals surface area contributed by atoms with Crippen LogP contribution in [0, 0.1) is 0 Å². The molecular weight excluding hydrogens is 238 g/mol. The van der Waals surface area contributed by atoms with Gasteiger partial charge in [0.15, 0.2) is 0 Å². The molecule has 0 heterocycles. The largest absolute Gasteiger partial charge is 0.460 e. The lowest BCUT2D eigenvalue weighted by Crippen LogP contribution is -2.24. The van der Waals surface area contributed by atoms with Gasteiger partial charge in [0.25, 0.3) is 0 Å². The van der Waals surface area contributed by atoms with Gasteiger partial charge in [0.1, 0.15) is 5.60 Å². The quantitative estimate of drug-likeness (QED) is 0.624. The van der Waals surface area contributed by atoms with Crippen molar-refractivity contribution in [2.75, 3.05) is 11.9 Å². The van der Waals surface area contributed by atoms with Crippen LogP contribution in [0.15, 0.2) is 30.8 Å². The number of benzene rings is 1. The Morgan fingerprint density at radius 3 is 2.47 bits per heavy atom. The molecule has 0 radical (unpaired) electrons. The topological polar surface area (TPSA) is 38.3 Å². The van der Waals surface area contributed by atoms with Crippen molar-refractivity contribution in [3.05, 3.63) is 36.4 Å². The number of hydrogen-bond acceptors (Lipinski definition) is 3. The summed E-state index contributed by atoms with van der Waals surface area (Å²) < 4.78 is 5.24. The van der Waals surface area contributed by atoms with Crippen molar-refractivity contribution in [3.8, 4) is 0 Å². The van der Waals surface area contributed by atoms with E-state index in [-0.39, 0.29) is 5.97 Å². The van der Waals surface area contributed by atoms with E-state index in [9.17, 15) is 4.79 Å². The molecule has 1 aromatic carbocycles. The molecule has 0 spiro atoms. The SMILES string of the molecule is C=Cc1ccc(NCCCC(=O)OC(C)(C)C)cc1. The fourth-order valence-corrected chi connectivity index (χ4v) is 1.60. The van der Waals surface area contributed by atoms with Crippen molar-refractivity contribution < 1.29 is 9.53 Å². The minimum atomic E-state index is -0.398. The van der Waals surface area contributed by atoms with Gasteiger partial charge in [-0.05, 0) is 44.9 Å². The van der Waals surface area contributed by atoms with Gasteiger partial charge < -0.3 is 10.1 Å². The van der Waals surface area contributed by atoms with Crippen LogP contribution in [0.4, 0.5) is 5.69 Å². The second-order valence-corrected chi connectivity index (χ2v) is 5.44. The van der Waals surface area contributed by atoms with E-state index in [0.29, 0.717) is 6.42 Å². The maximum atomic E-state index is 11.5. The van der Waals surface area contributed by atoms with Crippen molar-refractivity contribution in [3.63, 3.8) is 0 Å². The average molecular weight is 261 g/mol. The van der Waals surface area contributed by atoms with Crippen molar-refractivity contribution in [2.45, 2.75) is 39.2 Å². The number of anilines is 1. The molecule has 3 heteroatoms. The van der Waals surface area contributed by atoms with E-state index in [1.807, 2.05) is 51.1 Å². The maximum absolute atomic E-state index is 11.5. The molecule has 0 aliphatic carbocycles. The molecule has 0 unspecified atom stereocenters. The maximum Gasteiger partial charge on any atom is 0.306 e. The standard InChI is InChI=1S/C16H23NO2/c1-5-13-8-10-14(11-9-13)17-12-6-7-15(18)19-16(2,3)4/h5,8-11,17H,1,6-7,12H2,2-4H3. The molecule has 0 atom stereocenters. The van der Waals surface area contributed by atoms with Gasteiger partial charge in [-0.25, -0.2) is 0 Å². The highest BCUT2D eigenvalue weighted by Gasteiger charge is 2.15. The first kappa shape index (κ1) is 15.3. The Hall–Kier alpha value is -1.77. The van der Waals surface area contributed by atoms with Crippen LogP contribution < -0.4 is 5.32 Å². The minimum absolute atomic E-state index is 0.142. The Balaban J connectivity index is 2.23. The number of carbonyl (C=O) groups is 1. The van der Waals surface area contributed by atoms with Gasteiger partial charge in [-0.15, -0.1) is 0 Å². The van der Waals surface area contributed by atoms with Crippen LogP contribution in [0.25, 0.3) is 6.08 Å². The fourth-order valence-electron chi connectivity index (χ4n) is 1.60. The summed E-state index contributed by atoms with van der Waals surface area (Å²) in [6.45, 7) is 10.1. The van der Waals surface area contributed by atoms with E-state index in [1.54, 1.807) is 0 Å². The zero-order valence-electron chi connectivity index (χ0n) is 12.0. The van der Waals surface area contributed by atoms with E-state index in [4.69, 9.17) is 4.74 Å². The number of hydrogen-bond donors (Lipinski definition) is 1. The first-order valence-corrected chi connectivity index (χ1v) is 6.59. The molecule has 0 saturated heterocycles. The first-order valence-electron chi connectivity index (χ1n) is 6.59. The predicted molar refractivity (Wildman–Crippen MR) is 80.1 cm³/mol. The molecule has 19 heavy (non-hydrogen) atoms. The van der Waals surface area contributed by atoms with Crippen molar-refractivity contribution in [1.29, 1.82) is 0 Å². The van der Waals surface area contributed by atoms with E-state index < -0.39 is 5.60 Å². The molecule has 104 valence electrons. The second-order valence-electron chi connectivity index (χ2n) is 5.44. The molecule has 0 aliphatic rings. The van der Waals surface area contributed by atoms with E-state index in [1.165, 1.54) is 0 Å². The van der Waals surface area contributed by atoms with Crippen LogP contribution in [0.1, 0.15) is 39.2 Å². The van der Waals surface area contributed by atoms with E-state index in [0.717, 1.165) is 24.2 Å². The summed E-state index contributed by atoms with van der Waals surface area (Å²) >= 11 is 0. The van der Waals surface area contributed by atoms with Gasteiger partial charge in [-0.3, -0.25) is 4.79 Å². The van der Waals surface area contributed by atoms with Crippen LogP contribution in [0.5, 0.6) is 0 Å². The van der Waals surface area contributed by atoms with Gasteiger partial charge in [0.2, 0.25) is 0 Å². The van der Waals surface area contributed by atoms with Crippen LogP contribution in [-0.4, -0.2) is 18.1 Å². The van der Waals surface area contributed by atoms with Crippen molar-refractivity contribution in [2.24, 2.45) is 0 Å². The number of carbonyl (C=O) groups excluding carboxylic acids is 1. The number of rotatable bonds is 6. The molecule has 1 rings (SSSR count). The highest BCUT2D eigenvalue weighted by Crippen LogP contribution is 2.11. The Bertz CT molecular complexity index is 415. The Kier molecular flexibility index (Phi) is 5.61. The van der Waals surface area contributed by atoms with Crippen LogP contribution in [0.3, 0.4) is 0 Å². The summed E-state index contributed by atoms with van der Waals surface area (Å²) in [5.74, 6) is -0.142. The number of ether oxygens (including phenoxy) is 1. The van der Waals surface area contributed by atoms with Crippen LogP contribution in [-0.2, 0) is 9.53 Å². The molecule has 1 aromatic rings. The monoisotopic (exact) mass is 261 g/mol. The summed E-state index contributed by atoms with van der Waals surface area (Å²) in [5.41, 5.74) is 1.75. The Labute approximate surface area is 115 Å². The lowest BCUT2D eigenvalue weighted by Gasteiger charge is -2.19. The molecule has 0 aromatic heterocycles. The molecule has 0 fully saturated rings. The van der Waals surface area contributed by atoms with Gasteiger partial charge in [-0.1, -0.05) is 24.8 Å². The summed E-state index contributed by atoms with van der Waals surface area (Å²) in [5, 5.41) is 3.27. The fraction of sp³-hybridized carbons (Fsp3) is 0.438. The van der Waals surface area contributed by atoms with Crippen molar-refractivity contribution in [1.82, 2.24) is 0 Å². The number of nitrogens with one attached hydrogen (secondary N) is 1. The van der Waals surface area contributed by atoms with Gasteiger partial charge in [-0.2, -0.15) is 0 Å². The third-order valence-electron chi connectivity index (χ3n) is 2.45. The van der Waals surface area contributed by atoms with Crippen LogP contribution in [0.2, 0.25) is 0 Å². The molecule has 0 aliphatic heterocycles. The highest BCUT2D eigenvalue weighted by molar-refractivity contribution is 5.69. The smallest absolute Gasteiger partial charge is 0.306 e. The van der Waals surface area contributed by atoms with Crippen LogP contribution >= 0.6 is 0 Å². The molecule has 1 N–H and O–H groups in total. The highest BCUT2D eigenvalue weighted by atomic mass is 16.6. The molecular formula is C16H23NO2.